The first-order chi connectivity index (χ1) is 12.4. The van der Waals surface area contributed by atoms with Gasteiger partial charge in [0.15, 0.2) is 5.52 Å². The first-order valence-corrected chi connectivity index (χ1v) is 8.30. The first-order valence-electron chi connectivity index (χ1n) is 8.30. The molecule has 6 rings (SSSR count). The lowest BCUT2D eigenvalue weighted by Gasteiger charge is -2.04. The largest absolute Gasteiger partial charge is 0.269 e. The highest BCUT2D eigenvalue weighted by Crippen LogP contribution is 2.34. The zero-order valence-corrected chi connectivity index (χ0v) is 13.4. The summed E-state index contributed by atoms with van der Waals surface area (Å²) in [6.45, 7) is 0.809. The summed E-state index contributed by atoms with van der Waals surface area (Å²) in [6.07, 6.45) is 7.81. The summed E-state index contributed by atoms with van der Waals surface area (Å²) in [4.78, 5) is 8.90. The number of benzene rings is 1. The summed E-state index contributed by atoms with van der Waals surface area (Å²) in [5.74, 6) is 0. The molecule has 0 saturated heterocycles. The number of hydrogen-bond donors (Lipinski definition) is 0. The molecular weight excluding hydrogens is 310 g/mol. The van der Waals surface area contributed by atoms with Crippen molar-refractivity contribution in [2.75, 3.05) is 0 Å². The van der Waals surface area contributed by atoms with Crippen LogP contribution in [0.25, 0.3) is 33.6 Å². The van der Waals surface area contributed by atoms with Gasteiger partial charge < -0.3 is 0 Å². The molecule has 0 saturated carbocycles. The molecule has 0 N–H and O–H groups in total. The van der Waals surface area contributed by atoms with Crippen molar-refractivity contribution in [3.63, 3.8) is 0 Å². The maximum absolute atomic E-state index is 4.56. The molecule has 118 valence electrons. The lowest BCUT2D eigenvalue weighted by molar-refractivity contribution is -0.671. The van der Waals surface area contributed by atoms with Crippen LogP contribution in [-0.2, 0) is 6.54 Å². The minimum atomic E-state index is 0.809. The Morgan fingerprint density at radius 3 is 2.76 bits per heavy atom. The molecule has 0 spiro atoms. The van der Waals surface area contributed by atoms with Crippen molar-refractivity contribution in [1.29, 1.82) is 0 Å². The van der Waals surface area contributed by atoms with Crippen molar-refractivity contribution in [1.82, 2.24) is 18.9 Å². The van der Waals surface area contributed by atoms with Crippen molar-refractivity contribution in [3.05, 3.63) is 79.1 Å². The molecule has 0 unspecified atom stereocenters. The molecule has 1 aliphatic rings. The third-order valence-corrected chi connectivity index (χ3v) is 4.95. The maximum atomic E-state index is 4.56. The minimum absolute atomic E-state index is 0.809. The van der Waals surface area contributed by atoms with E-state index >= 15 is 0 Å². The predicted octanol–water partition coefficient (Wildman–Crippen LogP) is 2.99. The number of fused-ring (bicyclic) bond motifs is 7. The third-order valence-electron chi connectivity index (χ3n) is 4.95. The number of hydrogen-bond acceptors (Lipinski definition) is 2. The van der Waals surface area contributed by atoms with Crippen molar-refractivity contribution in [2.24, 2.45) is 0 Å². The van der Waals surface area contributed by atoms with Crippen LogP contribution in [0.3, 0.4) is 0 Å². The zero-order chi connectivity index (χ0) is 16.4. The fraction of sp³-hybridized carbons (Fsp3) is 0.0500. The van der Waals surface area contributed by atoms with Crippen molar-refractivity contribution in [3.8, 4) is 16.9 Å². The van der Waals surface area contributed by atoms with Crippen LogP contribution >= 0.6 is 0 Å². The average Bonchev–Trinajstić information content (AvgIpc) is 3.29. The molecule has 5 nitrogen and oxygen atoms in total. The van der Waals surface area contributed by atoms with Gasteiger partial charge in [0.2, 0.25) is 5.69 Å². The van der Waals surface area contributed by atoms with Crippen LogP contribution in [-0.4, -0.2) is 18.9 Å². The SMILES string of the molecule is c1ccc(-n2c3ccncc3n3c[n+]4c(c23)-c2cccnc2C4)cc1. The van der Waals surface area contributed by atoms with E-state index in [-0.39, 0.29) is 0 Å². The van der Waals surface area contributed by atoms with E-state index < -0.39 is 0 Å². The molecule has 5 aromatic rings. The normalized spacial score (nSPS) is 12.6. The smallest absolute Gasteiger partial charge is 0.260 e. The Morgan fingerprint density at radius 1 is 0.920 bits per heavy atom. The molecule has 4 aromatic heterocycles. The fourth-order valence-electron chi connectivity index (χ4n) is 3.93. The summed E-state index contributed by atoms with van der Waals surface area (Å²) in [5, 5.41) is 0. The minimum Gasteiger partial charge on any atom is -0.269 e. The van der Waals surface area contributed by atoms with E-state index in [0.717, 1.165) is 34.6 Å². The van der Waals surface area contributed by atoms with Crippen LogP contribution < -0.4 is 4.57 Å². The topological polar surface area (TPSA) is 39.0 Å². The Hall–Kier alpha value is -3.47. The van der Waals surface area contributed by atoms with E-state index in [4.69, 9.17) is 0 Å². The maximum Gasteiger partial charge on any atom is 0.260 e. The lowest BCUT2D eigenvalue weighted by atomic mass is 10.2. The van der Waals surface area contributed by atoms with E-state index in [0.29, 0.717) is 0 Å². The number of nitrogens with zero attached hydrogens (tertiary/aromatic N) is 5. The van der Waals surface area contributed by atoms with Gasteiger partial charge in [-0.05, 0) is 30.3 Å². The van der Waals surface area contributed by atoms with Crippen LogP contribution in [0.5, 0.6) is 0 Å². The molecule has 1 aliphatic heterocycles. The van der Waals surface area contributed by atoms with Gasteiger partial charge in [-0.25, -0.2) is 4.57 Å². The third kappa shape index (κ3) is 1.59. The van der Waals surface area contributed by atoms with Gasteiger partial charge in [0.1, 0.15) is 12.1 Å². The highest BCUT2D eigenvalue weighted by atomic mass is 15.2. The predicted molar refractivity (Wildman–Crippen MR) is 94.6 cm³/mol. The quantitative estimate of drug-likeness (QED) is 0.436. The number of pyridine rings is 2. The molecule has 1 aromatic carbocycles. The second-order valence-corrected chi connectivity index (χ2v) is 6.32. The van der Waals surface area contributed by atoms with Gasteiger partial charge in [-0.15, -0.1) is 0 Å². The molecule has 0 aliphatic carbocycles. The highest BCUT2D eigenvalue weighted by molar-refractivity contribution is 5.89. The summed E-state index contributed by atoms with van der Waals surface area (Å²) in [7, 11) is 0. The molecule has 0 amide bonds. The van der Waals surface area contributed by atoms with Crippen molar-refractivity contribution >= 4 is 16.7 Å². The summed E-state index contributed by atoms with van der Waals surface area (Å²) >= 11 is 0. The molecule has 5 heteroatoms. The summed E-state index contributed by atoms with van der Waals surface area (Å²) < 4.78 is 6.82. The van der Waals surface area contributed by atoms with E-state index in [2.05, 4.69) is 66.2 Å². The van der Waals surface area contributed by atoms with E-state index in [1.165, 1.54) is 11.3 Å². The van der Waals surface area contributed by atoms with Gasteiger partial charge in [-0.2, -0.15) is 4.40 Å². The van der Waals surface area contributed by atoms with Crippen molar-refractivity contribution < 1.29 is 4.57 Å². The number of rotatable bonds is 1. The van der Waals surface area contributed by atoms with E-state index in [1.54, 1.807) is 0 Å². The van der Waals surface area contributed by atoms with Crippen LogP contribution in [0.1, 0.15) is 5.69 Å². The van der Waals surface area contributed by atoms with Gasteiger partial charge in [-0.1, -0.05) is 18.2 Å². The highest BCUT2D eigenvalue weighted by Gasteiger charge is 2.34. The molecule has 0 radical (unpaired) electrons. The fourth-order valence-corrected chi connectivity index (χ4v) is 3.93. The Morgan fingerprint density at radius 2 is 1.84 bits per heavy atom. The van der Waals surface area contributed by atoms with Gasteiger partial charge in [0, 0.05) is 18.1 Å². The standard InChI is InChI=1S/C20H14N5/c1-2-5-14(6-3-1)25-17-8-10-21-11-18(17)24-13-23-12-16-15(7-4-9-22-16)19(23)20(24)25/h1-11,13H,12H2/q+1. The van der Waals surface area contributed by atoms with E-state index in [1.807, 2.05) is 30.7 Å². The average molecular weight is 324 g/mol. The first kappa shape index (κ1) is 12.9. The Labute approximate surface area is 143 Å². The molecule has 0 fully saturated rings. The van der Waals surface area contributed by atoms with Crippen LogP contribution in [0.2, 0.25) is 0 Å². The van der Waals surface area contributed by atoms with Crippen LogP contribution in [0.4, 0.5) is 0 Å². The lowest BCUT2D eigenvalue weighted by Crippen LogP contribution is -2.29. The summed E-state index contributed by atoms with van der Waals surface area (Å²) in [5.41, 5.74) is 8.10. The number of imidazole rings is 2. The summed E-state index contributed by atoms with van der Waals surface area (Å²) in [6, 6.07) is 16.7. The Balaban J connectivity index is 1.84. The number of aromatic nitrogens is 5. The zero-order valence-electron chi connectivity index (χ0n) is 13.4. The monoisotopic (exact) mass is 324 g/mol. The van der Waals surface area contributed by atoms with Crippen LogP contribution in [0.15, 0.2) is 73.4 Å². The second kappa shape index (κ2) is 4.54. The van der Waals surface area contributed by atoms with Crippen molar-refractivity contribution in [2.45, 2.75) is 6.54 Å². The molecule has 0 bridgehead atoms. The molecule has 0 atom stereocenters. The molecule has 25 heavy (non-hydrogen) atoms. The van der Waals surface area contributed by atoms with Crippen LogP contribution in [0, 0.1) is 0 Å². The molecule has 5 heterocycles. The Kier molecular flexibility index (Phi) is 2.34. The van der Waals surface area contributed by atoms with E-state index in [9.17, 15) is 0 Å². The number of para-hydroxylation sites is 1. The second-order valence-electron chi connectivity index (χ2n) is 6.32. The molecular formula is C20H14N5+. The van der Waals surface area contributed by atoms with Gasteiger partial charge in [-0.3, -0.25) is 14.5 Å². The van der Waals surface area contributed by atoms with Gasteiger partial charge in [0.25, 0.3) is 12.0 Å². The van der Waals surface area contributed by atoms with Gasteiger partial charge >= 0.3 is 0 Å². The van der Waals surface area contributed by atoms with Gasteiger partial charge in [0.05, 0.1) is 17.5 Å². The Bertz CT molecular complexity index is 1260.